The molecule has 44 heavy (non-hydrogen) atoms. The Labute approximate surface area is 253 Å². The standard InChI is InChI=1S/C35H32F3N3O3/c1-23-17-26(9-14-30(23)33(42)18-24-7-8-24)32-20-40-34-31(39-16-15-35(36,37)38)19-29(21-41(32)34)44-28-12-10-27(11-13-28)43-22-25-5-3-2-4-6-25/h2-6,9-14,17,19-21,24,39H,7-8,15-16,18,22H2,1H3. The molecule has 0 amide bonds. The molecule has 1 saturated carbocycles. The molecule has 1 aliphatic carbocycles. The first-order valence-electron chi connectivity index (χ1n) is 14.6. The number of nitrogens with one attached hydrogen (secondary N) is 1. The van der Waals surface area contributed by atoms with Crippen LogP contribution in [0.4, 0.5) is 18.9 Å². The summed E-state index contributed by atoms with van der Waals surface area (Å²) in [5.41, 5.74) is 5.06. The second kappa shape index (κ2) is 12.4. The third-order valence-electron chi connectivity index (χ3n) is 7.61. The van der Waals surface area contributed by atoms with Crippen LogP contribution in [0.25, 0.3) is 16.9 Å². The van der Waals surface area contributed by atoms with Gasteiger partial charge in [0.25, 0.3) is 0 Å². The van der Waals surface area contributed by atoms with E-state index in [-0.39, 0.29) is 12.3 Å². The largest absolute Gasteiger partial charge is 0.489 e. The number of Topliss-reactive ketones (excluding diaryl/α,β-unsaturated/α-hetero) is 1. The van der Waals surface area contributed by atoms with Gasteiger partial charge in [-0.3, -0.25) is 9.20 Å². The molecule has 0 saturated heterocycles. The average Bonchev–Trinajstić information content (AvgIpc) is 3.71. The highest BCUT2D eigenvalue weighted by molar-refractivity contribution is 5.98. The predicted octanol–water partition coefficient (Wildman–Crippen LogP) is 9.03. The van der Waals surface area contributed by atoms with Gasteiger partial charge in [-0.2, -0.15) is 13.2 Å². The number of pyridine rings is 1. The lowest BCUT2D eigenvalue weighted by Crippen LogP contribution is -2.15. The minimum atomic E-state index is -4.29. The first-order chi connectivity index (χ1) is 21.2. The van der Waals surface area contributed by atoms with Gasteiger partial charge in [-0.1, -0.05) is 42.5 Å². The van der Waals surface area contributed by atoms with Crippen molar-refractivity contribution >= 4 is 17.1 Å². The molecule has 0 unspecified atom stereocenters. The van der Waals surface area contributed by atoms with Crippen molar-refractivity contribution in [3.05, 3.63) is 108 Å². The summed E-state index contributed by atoms with van der Waals surface area (Å²) in [6.07, 6.45) is 0.947. The van der Waals surface area contributed by atoms with Crippen molar-refractivity contribution in [1.82, 2.24) is 9.38 Å². The van der Waals surface area contributed by atoms with Crippen LogP contribution in [0.15, 0.2) is 91.3 Å². The number of carbonyl (C=O) groups is 1. The van der Waals surface area contributed by atoms with E-state index in [9.17, 15) is 18.0 Å². The van der Waals surface area contributed by atoms with Gasteiger partial charge in [0.05, 0.1) is 30.2 Å². The minimum Gasteiger partial charge on any atom is -0.489 e. The molecule has 0 radical (unpaired) electrons. The molecule has 2 aromatic heterocycles. The maximum atomic E-state index is 12.9. The van der Waals surface area contributed by atoms with Gasteiger partial charge in [-0.05, 0) is 67.1 Å². The monoisotopic (exact) mass is 599 g/mol. The fourth-order valence-electron chi connectivity index (χ4n) is 5.11. The van der Waals surface area contributed by atoms with E-state index in [2.05, 4.69) is 10.3 Å². The first kappa shape index (κ1) is 29.3. The normalized spacial score (nSPS) is 13.2. The maximum absolute atomic E-state index is 12.9. The number of hydrogen-bond acceptors (Lipinski definition) is 5. The number of halogens is 3. The number of benzene rings is 3. The summed E-state index contributed by atoms with van der Waals surface area (Å²) >= 11 is 0. The lowest BCUT2D eigenvalue weighted by Gasteiger charge is -2.14. The quantitative estimate of drug-likeness (QED) is 0.145. The molecule has 0 spiro atoms. The Balaban J connectivity index is 1.26. The Morgan fingerprint density at radius 3 is 2.43 bits per heavy atom. The predicted molar refractivity (Wildman–Crippen MR) is 163 cm³/mol. The molecule has 1 N–H and O–H groups in total. The Bertz CT molecular complexity index is 1760. The summed E-state index contributed by atoms with van der Waals surface area (Å²) in [5.74, 6) is 2.28. The van der Waals surface area contributed by atoms with Crippen molar-refractivity contribution in [2.24, 2.45) is 5.92 Å². The Kier molecular flexibility index (Phi) is 8.28. The smallest absolute Gasteiger partial charge is 0.390 e. The zero-order valence-electron chi connectivity index (χ0n) is 24.2. The summed E-state index contributed by atoms with van der Waals surface area (Å²) in [6.45, 7) is 2.04. The molecular formula is C35H32F3N3O3. The molecule has 2 heterocycles. The van der Waals surface area contributed by atoms with Crippen LogP contribution in [0.3, 0.4) is 0 Å². The second-order valence-electron chi connectivity index (χ2n) is 11.2. The van der Waals surface area contributed by atoms with E-state index in [4.69, 9.17) is 9.47 Å². The zero-order valence-corrected chi connectivity index (χ0v) is 24.2. The zero-order chi connectivity index (χ0) is 30.7. The lowest BCUT2D eigenvalue weighted by atomic mass is 9.98. The van der Waals surface area contributed by atoms with Crippen LogP contribution in [0.1, 0.15) is 47.2 Å². The average molecular weight is 600 g/mol. The number of ketones is 1. The van der Waals surface area contributed by atoms with Crippen molar-refractivity contribution in [2.75, 3.05) is 11.9 Å². The molecule has 0 atom stereocenters. The first-order valence-corrected chi connectivity index (χ1v) is 14.6. The van der Waals surface area contributed by atoms with Crippen LogP contribution in [-0.2, 0) is 6.61 Å². The molecule has 9 heteroatoms. The fourth-order valence-corrected chi connectivity index (χ4v) is 5.11. The molecular weight excluding hydrogens is 567 g/mol. The van der Waals surface area contributed by atoms with Crippen molar-refractivity contribution in [2.45, 2.75) is 45.4 Å². The Morgan fingerprint density at radius 2 is 1.73 bits per heavy atom. The van der Waals surface area contributed by atoms with Crippen LogP contribution in [0.2, 0.25) is 0 Å². The fraction of sp³-hybridized carbons (Fsp3) is 0.257. The van der Waals surface area contributed by atoms with E-state index in [0.717, 1.165) is 35.2 Å². The maximum Gasteiger partial charge on any atom is 0.390 e. The van der Waals surface area contributed by atoms with Crippen molar-refractivity contribution in [3.8, 4) is 28.5 Å². The van der Waals surface area contributed by atoms with Gasteiger partial charge in [-0.15, -0.1) is 0 Å². The third kappa shape index (κ3) is 7.22. The van der Waals surface area contributed by atoms with Gasteiger partial charge in [0.1, 0.15) is 23.9 Å². The lowest BCUT2D eigenvalue weighted by molar-refractivity contribution is -0.131. The third-order valence-corrected chi connectivity index (χ3v) is 7.61. The molecule has 1 fully saturated rings. The number of alkyl halides is 3. The van der Waals surface area contributed by atoms with Crippen molar-refractivity contribution in [3.63, 3.8) is 0 Å². The summed E-state index contributed by atoms with van der Waals surface area (Å²) in [7, 11) is 0. The van der Waals surface area contributed by atoms with Gasteiger partial charge in [0.2, 0.25) is 0 Å². The van der Waals surface area contributed by atoms with Crippen LogP contribution in [0, 0.1) is 12.8 Å². The van der Waals surface area contributed by atoms with Crippen LogP contribution in [-0.4, -0.2) is 27.9 Å². The molecule has 6 nitrogen and oxygen atoms in total. The topological polar surface area (TPSA) is 64.9 Å². The van der Waals surface area contributed by atoms with Gasteiger partial charge in [0, 0.05) is 30.2 Å². The van der Waals surface area contributed by atoms with Gasteiger partial charge in [0.15, 0.2) is 11.4 Å². The summed E-state index contributed by atoms with van der Waals surface area (Å²) in [6, 6.07) is 24.3. The summed E-state index contributed by atoms with van der Waals surface area (Å²) < 4.78 is 52.6. The number of nitrogens with zero attached hydrogens (tertiary/aromatic N) is 2. The van der Waals surface area contributed by atoms with E-state index in [1.165, 1.54) is 0 Å². The SMILES string of the molecule is Cc1cc(-c2cnc3c(NCCC(F)(F)F)cc(Oc4ccc(OCc5ccccc5)cc4)cn23)ccc1C(=O)CC1CC1. The minimum absolute atomic E-state index is 0.151. The molecule has 226 valence electrons. The number of rotatable bonds is 12. The number of anilines is 1. The molecule has 3 aromatic carbocycles. The molecule has 0 aliphatic heterocycles. The Hall–Kier alpha value is -4.79. The van der Waals surface area contributed by atoms with E-state index in [1.807, 2.05) is 55.5 Å². The number of aromatic nitrogens is 2. The number of carbonyl (C=O) groups excluding carboxylic acids is 1. The van der Waals surface area contributed by atoms with Gasteiger partial charge >= 0.3 is 6.18 Å². The second-order valence-corrected chi connectivity index (χ2v) is 11.2. The summed E-state index contributed by atoms with van der Waals surface area (Å²) in [5, 5.41) is 2.89. The summed E-state index contributed by atoms with van der Waals surface area (Å²) in [4.78, 5) is 17.3. The molecule has 6 rings (SSSR count). The highest BCUT2D eigenvalue weighted by atomic mass is 19.4. The van der Waals surface area contributed by atoms with E-state index in [1.54, 1.807) is 47.1 Å². The van der Waals surface area contributed by atoms with E-state index >= 15 is 0 Å². The van der Waals surface area contributed by atoms with E-state index in [0.29, 0.717) is 53.1 Å². The van der Waals surface area contributed by atoms with Crippen LogP contribution >= 0.6 is 0 Å². The molecule has 0 bridgehead atoms. The van der Waals surface area contributed by atoms with Crippen LogP contribution < -0.4 is 14.8 Å². The number of ether oxygens (including phenoxy) is 2. The number of fused-ring (bicyclic) bond motifs is 1. The number of aryl methyl sites for hydroxylation is 1. The number of hydrogen-bond donors (Lipinski definition) is 1. The van der Waals surface area contributed by atoms with Crippen molar-refractivity contribution in [1.29, 1.82) is 0 Å². The van der Waals surface area contributed by atoms with Crippen LogP contribution in [0.5, 0.6) is 17.2 Å². The number of imidazole rings is 1. The molecule has 5 aromatic rings. The van der Waals surface area contributed by atoms with Gasteiger partial charge < -0.3 is 14.8 Å². The van der Waals surface area contributed by atoms with E-state index < -0.39 is 12.6 Å². The van der Waals surface area contributed by atoms with Crippen molar-refractivity contribution < 1.29 is 27.4 Å². The highest BCUT2D eigenvalue weighted by Crippen LogP contribution is 2.35. The highest BCUT2D eigenvalue weighted by Gasteiger charge is 2.27. The van der Waals surface area contributed by atoms with Gasteiger partial charge in [-0.25, -0.2) is 4.98 Å². The Morgan fingerprint density at radius 1 is 0.977 bits per heavy atom. The molecule has 1 aliphatic rings.